The predicted molar refractivity (Wildman–Crippen MR) is 125 cm³/mol. The van der Waals surface area contributed by atoms with Gasteiger partial charge in [-0.25, -0.2) is 23.1 Å². The second-order valence-corrected chi connectivity index (χ2v) is 8.84. The largest absolute Gasteiger partial charge is 0.461 e. The zero-order chi connectivity index (χ0) is 24.9. The van der Waals surface area contributed by atoms with Crippen LogP contribution in [0.4, 0.5) is 18.9 Å². The van der Waals surface area contributed by atoms with Crippen LogP contribution in [0.15, 0.2) is 47.8 Å². The zero-order valence-electron chi connectivity index (χ0n) is 18.8. The van der Waals surface area contributed by atoms with Gasteiger partial charge >= 0.3 is 0 Å². The Kier molecular flexibility index (Phi) is 5.32. The van der Waals surface area contributed by atoms with Crippen molar-refractivity contribution in [2.45, 2.75) is 24.6 Å². The normalized spacial score (nSPS) is 19.7. The zero-order valence-corrected chi connectivity index (χ0v) is 18.8. The molecule has 6 rings (SSSR count). The van der Waals surface area contributed by atoms with Gasteiger partial charge in [0.25, 0.3) is 6.02 Å². The quantitative estimate of drug-likeness (QED) is 0.365. The number of aliphatic imine (C=N–C) groups is 1. The highest BCUT2D eigenvalue weighted by Crippen LogP contribution is 2.42. The first-order valence-corrected chi connectivity index (χ1v) is 11.3. The standard InChI is InChI=1S/C24H21F3N6O3/c25-16-7-13(32-23-30-10-24(27,11-34)12-35-23)8-17(26)21(16)36-19-4-5-28-22-20(19)15(9-29-22)18-3-6-31-33(18)14-1-2-14/h3-9,14,34H,1-2,10-12H2,(H,28,29)(H,30,32)/t24-/m1/s1. The summed E-state index contributed by atoms with van der Waals surface area (Å²) in [6, 6.07) is 5.68. The topological polar surface area (TPSA) is 110 Å². The Balaban J connectivity index is 1.30. The van der Waals surface area contributed by atoms with E-state index in [1.807, 2.05) is 10.7 Å². The van der Waals surface area contributed by atoms with E-state index in [1.165, 1.54) is 12.3 Å². The van der Waals surface area contributed by atoms with E-state index in [9.17, 15) is 13.2 Å². The summed E-state index contributed by atoms with van der Waals surface area (Å²) in [6.07, 6.45) is 7.06. The van der Waals surface area contributed by atoms with Crippen molar-refractivity contribution in [1.82, 2.24) is 19.7 Å². The van der Waals surface area contributed by atoms with E-state index in [0.29, 0.717) is 17.1 Å². The summed E-state index contributed by atoms with van der Waals surface area (Å²) < 4.78 is 56.8. The number of pyridine rings is 1. The molecule has 4 heterocycles. The molecule has 0 amide bonds. The SMILES string of the molecule is OC[C@]1(F)CN=C(Nc2cc(F)c(Oc3ccnc4[nH]cc(-c5ccnn5C5CC5)c34)c(F)c2)OC1. The molecule has 3 aromatic heterocycles. The molecule has 1 atom stereocenters. The molecule has 1 saturated carbocycles. The number of aromatic amines is 1. The number of aliphatic hydroxyl groups excluding tert-OH is 1. The van der Waals surface area contributed by atoms with E-state index in [1.54, 1.807) is 12.4 Å². The summed E-state index contributed by atoms with van der Waals surface area (Å²) in [5, 5.41) is 16.6. The van der Waals surface area contributed by atoms with Crippen molar-refractivity contribution in [3.8, 4) is 22.8 Å². The fraction of sp³-hybridized carbons (Fsp3) is 0.292. The number of aromatic nitrogens is 4. The summed E-state index contributed by atoms with van der Waals surface area (Å²) >= 11 is 0. The Bertz CT molecular complexity index is 1460. The number of H-pyrrole nitrogens is 1. The Morgan fingerprint density at radius 2 is 2.03 bits per heavy atom. The second-order valence-electron chi connectivity index (χ2n) is 8.84. The summed E-state index contributed by atoms with van der Waals surface area (Å²) in [4.78, 5) is 11.2. The van der Waals surface area contributed by atoms with Gasteiger partial charge in [-0.1, -0.05) is 0 Å². The molecule has 1 aliphatic heterocycles. The molecule has 4 aromatic rings. The Morgan fingerprint density at radius 3 is 2.72 bits per heavy atom. The highest BCUT2D eigenvalue weighted by molar-refractivity contribution is 5.97. The van der Waals surface area contributed by atoms with Crippen LogP contribution >= 0.6 is 0 Å². The van der Waals surface area contributed by atoms with Crippen LogP contribution in [0.1, 0.15) is 18.9 Å². The van der Waals surface area contributed by atoms with E-state index >= 15 is 0 Å². The number of hydrogen-bond acceptors (Lipinski definition) is 7. The molecule has 0 spiro atoms. The number of nitrogens with one attached hydrogen (secondary N) is 2. The number of ether oxygens (including phenoxy) is 2. The van der Waals surface area contributed by atoms with Crippen LogP contribution in [0.3, 0.4) is 0 Å². The number of fused-ring (bicyclic) bond motifs is 1. The second kappa shape index (κ2) is 8.55. The highest BCUT2D eigenvalue weighted by atomic mass is 19.1. The molecule has 0 bridgehead atoms. The van der Waals surface area contributed by atoms with Gasteiger partial charge in [-0.2, -0.15) is 5.10 Å². The van der Waals surface area contributed by atoms with Crippen molar-refractivity contribution in [2.24, 2.45) is 4.99 Å². The number of halogens is 3. The molecule has 186 valence electrons. The van der Waals surface area contributed by atoms with Crippen LogP contribution < -0.4 is 10.1 Å². The maximum atomic E-state index is 15.0. The van der Waals surface area contributed by atoms with Gasteiger partial charge in [-0.05, 0) is 25.0 Å². The van der Waals surface area contributed by atoms with Gasteiger partial charge in [0.05, 0.1) is 30.3 Å². The molecule has 12 heteroatoms. The molecule has 36 heavy (non-hydrogen) atoms. The number of aliphatic hydroxyl groups is 1. The van der Waals surface area contributed by atoms with Crippen LogP contribution in [-0.4, -0.2) is 56.3 Å². The van der Waals surface area contributed by atoms with Crippen LogP contribution in [0.2, 0.25) is 0 Å². The average molecular weight is 498 g/mol. The first-order chi connectivity index (χ1) is 17.4. The Hall–Kier alpha value is -4.06. The van der Waals surface area contributed by atoms with Crippen LogP contribution in [0.5, 0.6) is 11.5 Å². The maximum Gasteiger partial charge on any atom is 0.289 e. The maximum absolute atomic E-state index is 15.0. The summed E-state index contributed by atoms with van der Waals surface area (Å²) in [6.45, 7) is -1.51. The fourth-order valence-electron chi connectivity index (χ4n) is 4.09. The third-order valence-electron chi connectivity index (χ3n) is 6.09. The number of rotatable bonds is 6. The first-order valence-electron chi connectivity index (χ1n) is 11.3. The lowest BCUT2D eigenvalue weighted by atomic mass is 10.1. The number of benzene rings is 1. The average Bonchev–Trinajstić information content (AvgIpc) is 3.43. The Labute approximate surface area is 202 Å². The van der Waals surface area contributed by atoms with Gasteiger partial charge in [0.1, 0.15) is 18.0 Å². The molecule has 1 aliphatic carbocycles. The third-order valence-corrected chi connectivity index (χ3v) is 6.09. The Morgan fingerprint density at radius 1 is 1.22 bits per heavy atom. The predicted octanol–water partition coefficient (Wildman–Crippen LogP) is 4.33. The van der Waals surface area contributed by atoms with Crippen LogP contribution in [0.25, 0.3) is 22.3 Å². The minimum Gasteiger partial charge on any atom is -0.461 e. The van der Waals surface area contributed by atoms with Gasteiger partial charge in [0, 0.05) is 42.0 Å². The minimum atomic E-state index is -1.98. The summed E-state index contributed by atoms with van der Waals surface area (Å²) in [5.41, 5.74) is 0.138. The third kappa shape index (κ3) is 4.02. The number of hydrogen-bond donors (Lipinski definition) is 3. The molecule has 0 unspecified atom stereocenters. The molecular formula is C24H21F3N6O3. The summed E-state index contributed by atoms with van der Waals surface area (Å²) in [7, 11) is 0. The van der Waals surface area contributed by atoms with E-state index in [0.717, 1.165) is 36.2 Å². The van der Waals surface area contributed by atoms with Crippen molar-refractivity contribution in [3.63, 3.8) is 0 Å². The van der Waals surface area contributed by atoms with E-state index in [2.05, 4.69) is 25.4 Å². The first kappa shape index (κ1) is 22.4. The van der Waals surface area contributed by atoms with E-state index in [-0.39, 0.29) is 24.0 Å². The molecule has 1 aromatic carbocycles. The van der Waals surface area contributed by atoms with Crippen molar-refractivity contribution < 1.29 is 27.8 Å². The molecule has 1 fully saturated rings. The molecule has 9 nitrogen and oxygen atoms in total. The number of anilines is 1. The van der Waals surface area contributed by atoms with Gasteiger partial charge in [0.2, 0.25) is 0 Å². The van der Waals surface area contributed by atoms with Crippen molar-refractivity contribution in [3.05, 3.63) is 54.5 Å². The van der Waals surface area contributed by atoms with Gasteiger partial charge in [-0.3, -0.25) is 4.68 Å². The summed E-state index contributed by atoms with van der Waals surface area (Å²) in [5.74, 6) is -2.30. The fourth-order valence-corrected chi connectivity index (χ4v) is 4.09. The monoisotopic (exact) mass is 498 g/mol. The molecule has 2 aliphatic rings. The van der Waals surface area contributed by atoms with Crippen LogP contribution in [-0.2, 0) is 4.74 Å². The van der Waals surface area contributed by atoms with Gasteiger partial charge in [-0.15, -0.1) is 0 Å². The van der Waals surface area contributed by atoms with E-state index < -0.39 is 36.3 Å². The number of nitrogens with zero attached hydrogens (tertiary/aromatic N) is 4. The van der Waals surface area contributed by atoms with Gasteiger partial charge in [0.15, 0.2) is 23.1 Å². The number of alkyl halides is 1. The van der Waals surface area contributed by atoms with E-state index in [4.69, 9.17) is 14.6 Å². The lowest BCUT2D eigenvalue weighted by molar-refractivity contribution is 0.0181. The van der Waals surface area contributed by atoms with Gasteiger partial charge < -0.3 is 24.9 Å². The van der Waals surface area contributed by atoms with Crippen molar-refractivity contribution >= 4 is 22.7 Å². The minimum absolute atomic E-state index is 0.00185. The van der Waals surface area contributed by atoms with Crippen LogP contribution in [0, 0.1) is 11.6 Å². The smallest absolute Gasteiger partial charge is 0.289 e. The molecule has 0 saturated heterocycles. The highest BCUT2D eigenvalue weighted by Gasteiger charge is 2.34. The lowest BCUT2D eigenvalue weighted by Gasteiger charge is -2.26. The number of amidine groups is 1. The van der Waals surface area contributed by atoms with Crippen molar-refractivity contribution in [2.75, 3.05) is 25.1 Å². The lowest BCUT2D eigenvalue weighted by Crippen LogP contribution is -2.43. The van der Waals surface area contributed by atoms with Crippen molar-refractivity contribution in [1.29, 1.82) is 0 Å². The molecule has 3 N–H and O–H groups in total. The molecular weight excluding hydrogens is 477 g/mol. The molecule has 0 radical (unpaired) electrons.